The molecule has 5 heteroatoms. The van der Waals surface area contributed by atoms with E-state index in [-0.39, 0.29) is 5.97 Å². The normalized spacial score (nSPS) is 10.3. The van der Waals surface area contributed by atoms with Crippen LogP contribution >= 0.6 is 11.3 Å². The zero-order valence-electron chi connectivity index (χ0n) is 11.2. The van der Waals surface area contributed by atoms with E-state index >= 15 is 0 Å². The lowest BCUT2D eigenvalue weighted by Crippen LogP contribution is -2.15. The molecular weight excluding hydrogens is 260 g/mol. The molecule has 0 saturated heterocycles. The summed E-state index contributed by atoms with van der Waals surface area (Å²) in [7, 11) is 3.33. The van der Waals surface area contributed by atoms with Gasteiger partial charge in [0.1, 0.15) is 4.88 Å². The highest BCUT2D eigenvalue weighted by Crippen LogP contribution is 2.23. The van der Waals surface area contributed by atoms with Crippen LogP contribution in [0, 0.1) is 6.92 Å². The maximum Gasteiger partial charge on any atom is 0.349 e. The first kappa shape index (κ1) is 13.5. The van der Waals surface area contributed by atoms with Gasteiger partial charge in [-0.05, 0) is 12.5 Å². The molecule has 0 fully saturated rings. The van der Waals surface area contributed by atoms with Gasteiger partial charge < -0.3 is 9.64 Å². The van der Waals surface area contributed by atoms with E-state index in [0.29, 0.717) is 4.88 Å². The smallest absolute Gasteiger partial charge is 0.349 e. The van der Waals surface area contributed by atoms with Crippen molar-refractivity contribution in [3.63, 3.8) is 0 Å². The van der Waals surface area contributed by atoms with Gasteiger partial charge in [-0.1, -0.05) is 41.2 Å². The third kappa shape index (κ3) is 3.32. The number of hydrogen-bond donors (Lipinski definition) is 0. The fourth-order valence-corrected chi connectivity index (χ4v) is 2.58. The van der Waals surface area contributed by atoms with Crippen molar-refractivity contribution < 1.29 is 9.53 Å². The molecule has 0 aliphatic heterocycles. The van der Waals surface area contributed by atoms with Crippen molar-refractivity contribution in [2.24, 2.45) is 0 Å². The van der Waals surface area contributed by atoms with Gasteiger partial charge in [0.2, 0.25) is 0 Å². The number of rotatable bonds is 4. The molecule has 1 aromatic carbocycles. The Morgan fingerprint density at radius 1 is 1.47 bits per heavy atom. The highest BCUT2D eigenvalue weighted by Gasteiger charge is 2.13. The number of esters is 1. The van der Waals surface area contributed by atoms with Crippen LogP contribution in [0.15, 0.2) is 30.5 Å². The molecule has 1 aromatic heterocycles. The number of methoxy groups -OCH3 is 1. The van der Waals surface area contributed by atoms with Crippen molar-refractivity contribution in [3.8, 4) is 0 Å². The molecule has 4 nitrogen and oxygen atoms in total. The molecule has 0 N–H and O–H groups in total. The lowest BCUT2D eigenvalue weighted by molar-refractivity contribution is 0.0606. The van der Waals surface area contributed by atoms with E-state index in [9.17, 15) is 4.79 Å². The summed E-state index contributed by atoms with van der Waals surface area (Å²) in [6.45, 7) is 2.83. The minimum absolute atomic E-state index is 0.340. The minimum Gasteiger partial charge on any atom is -0.465 e. The van der Waals surface area contributed by atoms with Gasteiger partial charge in [-0.25, -0.2) is 9.78 Å². The molecule has 0 spiro atoms. The van der Waals surface area contributed by atoms with Crippen molar-refractivity contribution in [2.45, 2.75) is 13.5 Å². The summed E-state index contributed by atoms with van der Waals surface area (Å²) in [6, 6.07) is 8.34. The molecule has 0 unspecified atom stereocenters. The van der Waals surface area contributed by atoms with Crippen LogP contribution in [0.5, 0.6) is 0 Å². The van der Waals surface area contributed by atoms with Gasteiger partial charge in [0.25, 0.3) is 0 Å². The number of carbonyl (C=O) groups is 1. The van der Waals surface area contributed by atoms with Gasteiger partial charge in [-0.2, -0.15) is 0 Å². The third-order valence-corrected chi connectivity index (χ3v) is 3.80. The van der Waals surface area contributed by atoms with Crippen LogP contribution in [-0.4, -0.2) is 25.1 Å². The monoisotopic (exact) mass is 276 g/mol. The van der Waals surface area contributed by atoms with Gasteiger partial charge in [0.15, 0.2) is 5.13 Å². The van der Waals surface area contributed by atoms with E-state index in [1.807, 2.05) is 18.0 Å². The predicted molar refractivity (Wildman–Crippen MR) is 76.7 cm³/mol. The number of nitrogens with zero attached hydrogens (tertiary/aromatic N) is 2. The lowest BCUT2D eigenvalue weighted by Gasteiger charge is -2.15. The van der Waals surface area contributed by atoms with Crippen molar-refractivity contribution in [1.29, 1.82) is 0 Å². The summed E-state index contributed by atoms with van der Waals surface area (Å²) in [5, 5.41) is 0.807. The quantitative estimate of drug-likeness (QED) is 0.805. The number of aryl methyl sites for hydroxylation is 1. The number of anilines is 1. The molecule has 2 aromatic rings. The number of benzene rings is 1. The third-order valence-electron chi connectivity index (χ3n) is 2.71. The second kappa shape index (κ2) is 5.84. The number of thiazole rings is 1. The molecule has 0 saturated carbocycles. The van der Waals surface area contributed by atoms with E-state index < -0.39 is 0 Å². The molecule has 0 aliphatic rings. The molecule has 0 radical (unpaired) electrons. The van der Waals surface area contributed by atoms with Crippen LogP contribution in [-0.2, 0) is 11.3 Å². The van der Waals surface area contributed by atoms with Gasteiger partial charge in [-0.3, -0.25) is 0 Å². The van der Waals surface area contributed by atoms with Gasteiger partial charge in [0.05, 0.1) is 13.3 Å². The van der Waals surface area contributed by atoms with Gasteiger partial charge in [0, 0.05) is 13.6 Å². The summed E-state index contributed by atoms with van der Waals surface area (Å²) in [6.07, 6.45) is 1.55. The SMILES string of the molecule is COC(=O)c1cnc(N(C)Cc2cccc(C)c2)s1. The maximum atomic E-state index is 11.4. The summed E-state index contributed by atoms with van der Waals surface area (Å²) < 4.78 is 4.68. The topological polar surface area (TPSA) is 42.4 Å². The van der Waals surface area contributed by atoms with E-state index in [4.69, 9.17) is 0 Å². The molecule has 0 aliphatic carbocycles. The molecule has 0 atom stereocenters. The molecule has 0 bridgehead atoms. The molecular formula is C14H16N2O2S. The van der Waals surface area contributed by atoms with Gasteiger partial charge >= 0.3 is 5.97 Å². The average Bonchev–Trinajstić information content (AvgIpc) is 2.87. The standard InChI is InChI=1S/C14H16N2O2S/c1-10-5-4-6-11(7-10)9-16(2)14-15-8-12(19-14)13(17)18-3/h4-8H,9H2,1-3H3. The Balaban J connectivity index is 2.09. The summed E-state index contributed by atoms with van der Waals surface area (Å²) >= 11 is 1.34. The van der Waals surface area contributed by atoms with Crippen LogP contribution in [0.25, 0.3) is 0 Å². The van der Waals surface area contributed by atoms with E-state index in [1.165, 1.54) is 29.6 Å². The number of ether oxygens (including phenoxy) is 1. The van der Waals surface area contributed by atoms with E-state index in [2.05, 4.69) is 34.8 Å². The maximum absolute atomic E-state index is 11.4. The van der Waals surface area contributed by atoms with Crippen LogP contribution < -0.4 is 4.90 Å². The first-order valence-electron chi connectivity index (χ1n) is 5.91. The lowest BCUT2D eigenvalue weighted by atomic mass is 10.1. The van der Waals surface area contributed by atoms with Crippen molar-refractivity contribution in [1.82, 2.24) is 4.98 Å². The summed E-state index contributed by atoms with van der Waals surface area (Å²) in [5.74, 6) is -0.340. The number of aromatic nitrogens is 1. The molecule has 2 rings (SSSR count). The van der Waals surface area contributed by atoms with Crippen molar-refractivity contribution in [3.05, 3.63) is 46.5 Å². The Bertz CT molecular complexity index is 580. The molecule has 19 heavy (non-hydrogen) atoms. The van der Waals surface area contributed by atoms with Crippen LogP contribution in [0.1, 0.15) is 20.8 Å². The highest BCUT2D eigenvalue weighted by atomic mass is 32.1. The second-order valence-corrected chi connectivity index (χ2v) is 5.35. The van der Waals surface area contributed by atoms with Crippen molar-refractivity contribution >= 4 is 22.4 Å². The van der Waals surface area contributed by atoms with Crippen molar-refractivity contribution in [2.75, 3.05) is 19.1 Å². The fourth-order valence-electron chi connectivity index (χ4n) is 1.79. The summed E-state index contributed by atoms with van der Waals surface area (Å²) in [4.78, 5) is 18.2. The zero-order valence-corrected chi connectivity index (χ0v) is 12.0. The Kier molecular flexibility index (Phi) is 4.16. The van der Waals surface area contributed by atoms with Crippen LogP contribution in [0.2, 0.25) is 0 Å². The number of hydrogen-bond acceptors (Lipinski definition) is 5. The average molecular weight is 276 g/mol. The Morgan fingerprint density at radius 3 is 2.95 bits per heavy atom. The van der Waals surface area contributed by atoms with E-state index in [0.717, 1.165) is 11.7 Å². The first-order chi connectivity index (χ1) is 9.10. The van der Waals surface area contributed by atoms with Crippen LogP contribution in [0.4, 0.5) is 5.13 Å². The largest absolute Gasteiger partial charge is 0.465 e. The Hall–Kier alpha value is -1.88. The van der Waals surface area contributed by atoms with E-state index in [1.54, 1.807) is 6.20 Å². The fraction of sp³-hybridized carbons (Fsp3) is 0.286. The zero-order chi connectivity index (χ0) is 13.8. The minimum atomic E-state index is -0.340. The second-order valence-electron chi connectivity index (χ2n) is 4.34. The summed E-state index contributed by atoms with van der Waals surface area (Å²) in [5.41, 5.74) is 2.46. The first-order valence-corrected chi connectivity index (χ1v) is 6.72. The molecule has 1 heterocycles. The highest BCUT2D eigenvalue weighted by molar-refractivity contribution is 7.17. The predicted octanol–water partition coefficient (Wildman–Crippen LogP) is 2.87. The van der Waals surface area contributed by atoms with Crippen LogP contribution in [0.3, 0.4) is 0 Å². The molecule has 0 amide bonds. The Labute approximate surface area is 116 Å². The molecule has 100 valence electrons. The Morgan fingerprint density at radius 2 is 2.26 bits per heavy atom. The van der Waals surface area contributed by atoms with Gasteiger partial charge in [-0.15, -0.1) is 0 Å². The number of carbonyl (C=O) groups excluding carboxylic acids is 1.